The number of aromatic nitrogens is 1. The molecule has 0 spiro atoms. The molecule has 8 nitrogen and oxygen atoms in total. The van der Waals surface area contributed by atoms with Crippen LogP contribution in [0.2, 0.25) is 0 Å². The summed E-state index contributed by atoms with van der Waals surface area (Å²) in [6, 6.07) is 3.65. The lowest BCUT2D eigenvalue weighted by molar-refractivity contribution is -0.384. The molecule has 0 amide bonds. The van der Waals surface area contributed by atoms with Crippen molar-refractivity contribution in [2.75, 3.05) is 17.1 Å². The van der Waals surface area contributed by atoms with E-state index < -0.39 is 14.9 Å². The highest BCUT2D eigenvalue weighted by atomic mass is 32.2. The number of hydrogen-bond donors (Lipinski definition) is 2. The molecule has 0 saturated carbocycles. The predicted molar refractivity (Wildman–Crippen MR) is 80.3 cm³/mol. The van der Waals surface area contributed by atoms with E-state index in [1.807, 2.05) is 0 Å². The van der Waals surface area contributed by atoms with E-state index in [-0.39, 0.29) is 21.4 Å². The Morgan fingerprint density at radius 2 is 2.10 bits per heavy atom. The van der Waals surface area contributed by atoms with Gasteiger partial charge in [0.2, 0.25) is 0 Å². The maximum absolute atomic E-state index is 12.2. The highest BCUT2D eigenvalue weighted by Crippen LogP contribution is 2.28. The summed E-state index contributed by atoms with van der Waals surface area (Å²) < 4.78 is 26.7. The van der Waals surface area contributed by atoms with Crippen molar-refractivity contribution in [3.63, 3.8) is 0 Å². The molecule has 0 bridgehead atoms. The summed E-state index contributed by atoms with van der Waals surface area (Å²) in [7, 11) is -2.39. The minimum Gasteiger partial charge on any atom is -0.383 e. The minimum absolute atomic E-state index is 0.193. The second-order valence-corrected chi connectivity index (χ2v) is 6.98. The van der Waals surface area contributed by atoms with Gasteiger partial charge in [-0.1, -0.05) is 0 Å². The number of nitro groups is 1. The van der Waals surface area contributed by atoms with Crippen molar-refractivity contribution in [2.24, 2.45) is 0 Å². The third-order valence-electron chi connectivity index (χ3n) is 2.59. The zero-order valence-corrected chi connectivity index (χ0v) is 12.8. The summed E-state index contributed by atoms with van der Waals surface area (Å²) in [5.41, 5.74) is -0.0697. The number of nitrogens with one attached hydrogen (secondary N) is 2. The smallest absolute Gasteiger partial charge is 0.293 e. The third kappa shape index (κ3) is 3.28. The second-order valence-electron chi connectivity index (χ2n) is 4.07. The van der Waals surface area contributed by atoms with Crippen LogP contribution < -0.4 is 10.0 Å². The van der Waals surface area contributed by atoms with Crippen LogP contribution in [0.1, 0.15) is 4.88 Å². The molecule has 2 rings (SSSR count). The Hall–Kier alpha value is -2.20. The molecule has 0 radical (unpaired) electrons. The van der Waals surface area contributed by atoms with Gasteiger partial charge in [-0.05, 0) is 19.1 Å². The van der Waals surface area contributed by atoms with Crippen LogP contribution >= 0.6 is 11.3 Å². The van der Waals surface area contributed by atoms with Crippen LogP contribution in [0.4, 0.5) is 16.5 Å². The number of thiazole rings is 1. The Balaban J connectivity index is 2.40. The van der Waals surface area contributed by atoms with Crippen molar-refractivity contribution in [1.82, 2.24) is 4.98 Å². The molecule has 1 aromatic carbocycles. The molecular weight excluding hydrogens is 316 g/mol. The predicted octanol–water partition coefficient (Wildman–Crippen LogP) is 2.20. The summed E-state index contributed by atoms with van der Waals surface area (Å²) in [4.78, 5) is 14.9. The molecule has 0 aliphatic rings. The number of benzene rings is 1. The van der Waals surface area contributed by atoms with E-state index >= 15 is 0 Å². The maximum Gasteiger partial charge on any atom is 0.293 e. The van der Waals surface area contributed by atoms with Gasteiger partial charge in [0.25, 0.3) is 15.7 Å². The van der Waals surface area contributed by atoms with E-state index in [0.29, 0.717) is 0 Å². The number of sulfonamides is 1. The van der Waals surface area contributed by atoms with Crippen LogP contribution in [0.5, 0.6) is 0 Å². The van der Waals surface area contributed by atoms with Crippen LogP contribution in [0.3, 0.4) is 0 Å². The average molecular weight is 328 g/mol. The normalized spacial score (nSPS) is 11.1. The Labute approximate surface area is 125 Å². The molecule has 10 heteroatoms. The molecule has 2 aromatic rings. The number of aryl methyl sites for hydroxylation is 1. The van der Waals surface area contributed by atoms with Gasteiger partial charge in [0, 0.05) is 24.2 Å². The van der Waals surface area contributed by atoms with Gasteiger partial charge in [0.05, 0.1) is 9.82 Å². The lowest BCUT2D eigenvalue weighted by atomic mass is 10.3. The molecule has 1 heterocycles. The van der Waals surface area contributed by atoms with Crippen LogP contribution in [0.25, 0.3) is 0 Å². The fourth-order valence-electron chi connectivity index (χ4n) is 1.62. The number of hydrogen-bond acceptors (Lipinski definition) is 7. The highest BCUT2D eigenvalue weighted by Gasteiger charge is 2.21. The van der Waals surface area contributed by atoms with Crippen molar-refractivity contribution in [3.8, 4) is 0 Å². The summed E-state index contributed by atoms with van der Waals surface area (Å²) in [6.45, 7) is 1.79. The zero-order valence-electron chi connectivity index (χ0n) is 11.2. The first-order valence-corrected chi connectivity index (χ1v) is 8.05. The quantitative estimate of drug-likeness (QED) is 0.642. The van der Waals surface area contributed by atoms with Gasteiger partial charge in [0.15, 0.2) is 5.13 Å². The van der Waals surface area contributed by atoms with Crippen molar-refractivity contribution in [2.45, 2.75) is 11.8 Å². The zero-order chi connectivity index (χ0) is 15.6. The maximum atomic E-state index is 12.2. The molecule has 0 atom stereocenters. The molecule has 0 unspecified atom stereocenters. The molecule has 0 fully saturated rings. The third-order valence-corrected chi connectivity index (χ3v) is 4.88. The second kappa shape index (κ2) is 5.66. The molecule has 1 aromatic heterocycles. The summed E-state index contributed by atoms with van der Waals surface area (Å²) >= 11 is 1.18. The van der Waals surface area contributed by atoms with E-state index in [1.54, 1.807) is 6.92 Å². The van der Waals surface area contributed by atoms with E-state index in [9.17, 15) is 18.5 Å². The van der Waals surface area contributed by atoms with Crippen molar-refractivity contribution < 1.29 is 13.3 Å². The summed E-state index contributed by atoms with van der Waals surface area (Å²) in [6.07, 6.45) is 1.54. The standard InChI is InChI=1S/C11H12N4O4S2/c1-7-6-13-11(20-7)14-21(18,19)8-3-4-9(12-2)10(5-8)15(16)17/h3-6,12H,1-2H3,(H,13,14). The van der Waals surface area contributed by atoms with Gasteiger partial charge in [-0.3, -0.25) is 14.8 Å². The van der Waals surface area contributed by atoms with Gasteiger partial charge in [-0.2, -0.15) is 0 Å². The summed E-state index contributed by atoms with van der Waals surface area (Å²) in [5.74, 6) is 0. The van der Waals surface area contributed by atoms with Gasteiger partial charge in [-0.15, -0.1) is 11.3 Å². The number of anilines is 2. The van der Waals surface area contributed by atoms with Crippen LogP contribution in [-0.4, -0.2) is 25.4 Å². The Morgan fingerprint density at radius 1 is 1.38 bits per heavy atom. The SMILES string of the molecule is CNc1ccc(S(=O)(=O)Nc2ncc(C)s2)cc1[N+](=O)[O-]. The van der Waals surface area contributed by atoms with Crippen LogP contribution in [-0.2, 0) is 10.0 Å². The summed E-state index contributed by atoms with van der Waals surface area (Å²) in [5, 5.41) is 13.8. The molecular formula is C11H12N4O4S2. The first-order chi connectivity index (χ1) is 9.83. The monoisotopic (exact) mass is 328 g/mol. The first-order valence-electron chi connectivity index (χ1n) is 5.75. The topological polar surface area (TPSA) is 114 Å². The Morgan fingerprint density at radius 3 is 2.62 bits per heavy atom. The molecule has 2 N–H and O–H groups in total. The van der Waals surface area contributed by atoms with Gasteiger partial charge in [-0.25, -0.2) is 13.4 Å². The molecule has 21 heavy (non-hydrogen) atoms. The fraction of sp³-hybridized carbons (Fsp3) is 0.182. The van der Waals surface area contributed by atoms with Gasteiger partial charge in [0.1, 0.15) is 5.69 Å². The average Bonchev–Trinajstić information content (AvgIpc) is 2.82. The van der Waals surface area contributed by atoms with Crippen LogP contribution in [0.15, 0.2) is 29.3 Å². The number of nitrogens with zero attached hydrogens (tertiary/aromatic N) is 2. The highest BCUT2D eigenvalue weighted by molar-refractivity contribution is 7.93. The molecule has 0 saturated heterocycles. The van der Waals surface area contributed by atoms with E-state index in [0.717, 1.165) is 10.9 Å². The molecule has 0 aliphatic heterocycles. The van der Waals surface area contributed by atoms with E-state index in [1.165, 1.54) is 36.7 Å². The number of rotatable bonds is 5. The van der Waals surface area contributed by atoms with Crippen molar-refractivity contribution >= 4 is 37.9 Å². The van der Waals surface area contributed by atoms with Gasteiger partial charge >= 0.3 is 0 Å². The van der Waals surface area contributed by atoms with Gasteiger partial charge < -0.3 is 5.32 Å². The van der Waals surface area contributed by atoms with E-state index in [4.69, 9.17) is 0 Å². The minimum atomic E-state index is -3.92. The van der Waals surface area contributed by atoms with Crippen LogP contribution in [0, 0.1) is 17.0 Å². The van der Waals surface area contributed by atoms with E-state index in [2.05, 4.69) is 15.0 Å². The molecule has 112 valence electrons. The van der Waals surface area contributed by atoms with Crippen molar-refractivity contribution in [3.05, 3.63) is 39.4 Å². The fourth-order valence-corrected chi connectivity index (χ4v) is 3.54. The Kier molecular flexibility index (Phi) is 4.09. The van der Waals surface area contributed by atoms with Crippen molar-refractivity contribution in [1.29, 1.82) is 0 Å². The largest absolute Gasteiger partial charge is 0.383 e. The lowest BCUT2D eigenvalue weighted by Gasteiger charge is -2.07. The Bertz CT molecular complexity index is 785. The lowest BCUT2D eigenvalue weighted by Crippen LogP contribution is -2.13. The first kappa shape index (κ1) is 15.2. The molecule has 0 aliphatic carbocycles. The number of nitro benzene ring substituents is 1.